The Labute approximate surface area is 130 Å². The van der Waals surface area contributed by atoms with E-state index in [1.165, 1.54) is 23.1 Å². The number of hydrogen-bond acceptors (Lipinski definition) is 1. The molecule has 0 bridgehead atoms. The molecule has 0 amide bonds. The largest absolute Gasteiger partial charge is 0.313 e. The number of halogens is 1. The van der Waals surface area contributed by atoms with Crippen molar-refractivity contribution >= 4 is 15.9 Å². The fraction of sp³-hybridized carbons (Fsp3) is 0.333. The summed E-state index contributed by atoms with van der Waals surface area (Å²) in [6.07, 6.45) is 3.36. The van der Waals surface area contributed by atoms with Gasteiger partial charge in [0.25, 0.3) is 0 Å². The highest BCUT2D eigenvalue weighted by Gasteiger charge is 2.10. The third kappa shape index (κ3) is 4.19. The maximum atomic E-state index is 3.48. The van der Waals surface area contributed by atoms with E-state index in [0.29, 0.717) is 6.04 Å². The van der Waals surface area contributed by atoms with Crippen molar-refractivity contribution in [2.24, 2.45) is 0 Å². The maximum absolute atomic E-state index is 3.48. The van der Waals surface area contributed by atoms with Gasteiger partial charge in [-0.05, 0) is 48.7 Å². The molecule has 2 aromatic rings. The Morgan fingerprint density at radius 2 is 1.80 bits per heavy atom. The lowest BCUT2D eigenvalue weighted by molar-refractivity contribution is 0.591. The Bertz CT molecular complexity index is 533. The second kappa shape index (κ2) is 7.61. The number of aryl methyl sites for hydroxylation is 1. The number of rotatable bonds is 6. The van der Waals surface area contributed by atoms with Crippen LogP contribution in [0.4, 0.5) is 0 Å². The summed E-state index contributed by atoms with van der Waals surface area (Å²) in [5.74, 6) is 0. The van der Waals surface area contributed by atoms with E-state index in [-0.39, 0.29) is 0 Å². The first kappa shape index (κ1) is 15.3. The molecule has 20 heavy (non-hydrogen) atoms. The summed E-state index contributed by atoms with van der Waals surface area (Å²) >= 11 is 3.48. The van der Waals surface area contributed by atoms with Crippen LogP contribution in [-0.4, -0.2) is 7.05 Å². The van der Waals surface area contributed by atoms with Gasteiger partial charge in [0.2, 0.25) is 0 Å². The SMILES string of the molecule is CCCc1cccc(C(Cc2ccc(Br)cc2)NC)c1. The van der Waals surface area contributed by atoms with Crippen molar-refractivity contribution in [3.05, 3.63) is 69.7 Å². The summed E-state index contributed by atoms with van der Waals surface area (Å²) < 4.78 is 1.13. The van der Waals surface area contributed by atoms with Crippen molar-refractivity contribution in [3.63, 3.8) is 0 Å². The van der Waals surface area contributed by atoms with Crippen LogP contribution in [-0.2, 0) is 12.8 Å². The predicted molar refractivity (Wildman–Crippen MR) is 90.1 cm³/mol. The molecule has 0 saturated carbocycles. The highest BCUT2D eigenvalue weighted by atomic mass is 79.9. The van der Waals surface area contributed by atoms with Crippen molar-refractivity contribution in [1.29, 1.82) is 0 Å². The first-order valence-electron chi connectivity index (χ1n) is 7.23. The van der Waals surface area contributed by atoms with Gasteiger partial charge in [-0.3, -0.25) is 0 Å². The van der Waals surface area contributed by atoms with Crippen LogP contribution in [0.25, 0.3) is 0 Å². The van der Waals surface area contributed by atoms with Gasteiger partial charge in [-0.15, -0.1) is 0 Å². The molecule has 2 rings (SSSR count). The van der Waals surface area contributed by atoms with Crippen LogP contribution in [0.3, 0.4) is 0 Å². The molecular formula is C18H22BrN. The van der Waals surface area contributed by atoms with E-state index in [4.69, 9.17) is 0 Å². The molecule has 1 unspecified atom stereocenters. The Morgan fingerprint density at radius 3 is 2.45 bits per heavy atom. The molecule has 1 N–H and O–H groups in total. The Kier molecular flexibility index (Phi) is 5.81. The van der Waals surface area contributed by atoms with E-state index in [1.54, 1.807) is 0 Å². The summed E-state index contributed by atoms with van der Waals surface area (Å²) in [6, 6.07) is 17.9. The van der Waals surface area contributed by atoms with Crippen LogP contribution >= 0.6 is 15.9 Å². The molecule has 1 atom stereocenters. The van der Waals surface area contributed by atoms with Crippen LogP contribution in [0.15, 0.2) is 53.0 Å². The minimum Gasteiger partial charge on any atom is -0.313 e. The average molecular weight is 332 g/mol. The standard InChI is InChI=1S/C18H22BrN/c1-3-5-14-6-4-7-16(12-14)18(20-2)13-15-8-10-17(19)11-9-15/h4,6-12,18,20H,3,5,13H2,1-2H3. The molecular weight excluding hydrogens is 310 g/mol. The summed E-state index contributed by atoms with van der Waals surface area (Å²) in [5, 5.41) is 3.44. The molecule has 0 radical (unpaired) electrons. The summed E-state index contributed by atoms with van der Waals surface area (Å²) in [5.41, 5.74) is 4.16. The second-order valence-corrected chi connectivity index (χ2v) is 6.08. The summed E-state index contributed by atoms with van der Waals surface area (Å²) in [4.78, 5) is 0. The molecule has 0 aliphatic rings. The summed E-state index contributed by atoms with van der Waals surface area (Å²) in [7, 11) is 2.04. The molecule has 0 fully saturated rings. The highest BCUT2D eigenvalue weighted by molar-refractivity contribution is 9.10. The van der Waals surface area contributed by atoms with Crippen LogP contribution in [0.1, 0.15) is 36.1 Å². The lowest BCUT2D eigenvalue weighted by Crippen LogP contribution is -2.19. The molecule has 0 aliphatic heterocycles. The monoisotopic (exact) mass is 331 g/mol. The fourth-order valence-electron chi connectivity index (χ4n) is 2.50. The van der Waals surface area contributed by atoms with Gasteiger partial charge in [-0.25, -0.2) is 0 Å². The Hall–Kier alpha value is -1.12. The molecule has 0 spiro atoms. The molecule has 106 valence electrons. The zero-order chi connectivity index (χ0) is 14.4. The third-order valence-corrected chi connectivity index (χ3v) is 4.12. The van der Waals surface area contributed by atoms with Gasteiger partial charge in [-0.2, -0.15) is 0 Å². The first-order chi connectivity index (χ1) is 9.72. The van der Waals surface area contributed by atoms with Crippen LogP contribution in [0.5, 0.6) is 0 Å². The van der Waals surface area contributed by atoms with Gasteiger partial charge in [-0.1, -0.05) is 65.7 Å². The molecule has 2 aromatic carbocycles. The lowest BCUT2D eigenvalue weighted by atomic mass is 9.96. The topological polar surface area (TPSA) is 12.0 Å². The van der Waals surface area contributed by atoms with Crippen molar-refractivity contribution in [3.8, 4) is 0 Å². The minimum absolute atomic E-state index is 0.369. The van der Waals surface area contributed by atoms with Crippen molar-refractivity contribution in [1.82, 2.24) is 5.32 Å². The Balaban J connectivity index is 2.15. The van der Waals surface area contributed by atoms with Crippen molar-refractivity contribution < 1.29 is 0 Å². The quantitative estimate of drug-likeness (QED) is 0.793. The van der Waals surface area contributed by atoms with E-state index in [9.17, 15) is 0 Å². The summed E-state index contributed by atoms with van der Waals surface area (Å²) in [6.45, 7) is 2.23. The molecule has 1 nitrogen and oxygen atoms in total. The van der Waals surface area contributed by atoms with Crippen molar-refractivity contribution in [2.75, 3.05) is 7.05 Å². The van der Waals surface area contributed by atoms with E-state index in [0.717, 1.165) is 17.3 Å². The van der Waals surface area contributed by atoms with Crippen LogP contribution in [0.2, 0.25) is 0 Å². The third-order valence-electron chi connectivity index (χ3n) is 3.59. The second-order valence-electron chi connectivity index (χ2n) is 5.17. The van der Waals surface area contributed by atoms with Gasteiger partial charge in [0, 0.05) is 10.5 Å². The van der Waals surface area contributed by atoms with E-state index >= 15 is 0 Å². The zero-order valence-corrected chi connectivity index (χ0v) is 13.8. The number of likely N-dealkylation sites (N-methyl/N-ethyl adjacent to an activating group) is 1. The number of nitrogens with one attached hydrogen (secondary N) is 1. The fourth-order valence-corrected chi connectivity index (χ4v) is 2.76. The lowest BCUT2D eigenvalue weighted by Gasteiger charge is -2.18. The molecule has 0 aromatic heterocycles. The first-order valence-corrected chi connectivity index (χ1v) is 8.02. The maximum Gasteiger partial charge on any atom is 0.0358 e. The van der Waals surface area contributed by atoms with E-state index in [2.05, 4.69) is 76.7 Å². The zero-order valence-electron chi connectivity index (χ0n) is 12.2. The molecule has 0 heterocycles. The molecule has 0 saturated heterocycles. The predicted octanol–water partition coefficient (Wildman–Crippen LogP) is 4.90. The van der Waals surface area contributed by atoms with E-state index in [1.807, 2.05) is 7.05 Å². The van der Waals surface area contributed by atoms with Gasteiger partial charge in [0.15, 0.2) is 0 Å². The smallest absolute Gasteiger partial charge is 0.0358 e. The van der Waals surface area contributed by atoms with Crippen LogP contribution < -0.4 is 5.32 Å². The average Bonchev–Trinajstić information content (AvgIpc) is 2.47. The van der Waals surface area contributed by atoms with Crippen LogP contribution in [0, 0.1) is 0 Å². The number of hydrogen-bond donors (Lipinski definition) is 1. The number of benzene rings is 2. The Morgan fingerprint density at radius 1 is 1.05 bits per heavy atom. The van der Waals surface area contributed by atoms with Gasteiger partial charge in [0.05, 0.1) is 0 Å². The normalized spacial score (nSPS) is 12.3. The van der Waals surface area contributed by atoms with Crippen molar-refractivity contribution in [2.45, 2.75) is 32.2 Å². The van der Waals surface area contributed by atoms with Gasteiger partial charge < -0.3 is 5.32 Å². The minimum atomic E-state index is 0.369. The van der Waals surface area contributed by atoms with Gasteiger partial charge in [0.1, 0.15) is 0 Å². The molecule has 0 aliphatic carbocycles. The molecule has 2 heteroatoms. The van der Waals surface area contributed by atoms with Gasteiger partial charge >= 0.3 is 0 Å². The highest BCUT2D eigenvalue weighted by Crippen LogP contribution is 2.21. The van der Waals surface area contributed by atoms with E-state index < -0.39 is 0 Å².